The number of nitrogens with one attached hydrogen (secondary N) is 1. The van der Waals surface area contributed by atoms with Gasteiger partial charge in [0.1, 0.15) is 6.04 Å². The van der Waals surface area contributed by atoms with Crippen LogP contribution in [0.5, 0.6) is 0 Å². The van der Waals surface area contributed by atoms with E-state index in [0.717, 1.165) is 9.21 Å². The molecule has 0 aliphatic carbocycles. The first-order valence-electron chi connectivity index (χ1n) is 12.6. The Hall–Kier alpha value is -4.35. The second kappa shape index (κ2) is 11.8. The van der Waals surface area contributed by atoms with Gasteiger partial charge in [-0.15, -0.1) is 0 Å². The molecule has 208 valence electrons. The molecule has 0 saturated carbocycles. The average molecular weight is 564 g/mol. The van der Waals surface area contributed by atoms with E-state index in [2.05, 4.69) is 5.32 Å². The van der Waals surface area contributed by atoms with E-state index in [1.165, 1.54) is 55.5 Å². The van der Waals surface area contributed by atoms with Crippen LogP contribution in [0.15, 0.2) is 83.8 Å². The zero-order valence-corrected chi connectivity index (χ0v) is 23.1. The first kappa shape index (κ1) is 28.7. The Balaban J connectivity index is 1.72. The third kappa shape index (κ3) is 5.80. The molecule has 1 aliphatic heterocycles. The van der Waals surface area contributed by atoms with Crippen molar-refractivity contribution in [2.75, 3.05) is 16.8 Å². The fraction of sp³-hybridized carbons (Fsp3) is 0.241. The second-order valence-electron chi connectivity index (χ2n) is 9.18. The number of carbonyl (C=O) groups is 4. The van der Waals surface area contributed by atoms with Crippen molar-refractivity contribution in [2.45, 2.75) is 44.2 Å². The van der Waals surface area contributed by atoms with E-state index in [-0.39, 0.29) is 35.1 Å². The lowest BCUT2D eigenvalue weighted by Crippen LogP contribution is -2.46. The van der Waals surface area contributed by atoms with Crippen LogP contribution in [0.4, 0.5) is 11.4 Å². The number of anilines is 2. The molecule has 3 amide bonds. The summed E-state index contributed by atoms with van der Waals surface area (Å²) in [5.41, 5.74) is 1.53. The molecular formula is C29H29N3O7S. The summed E-state index contributed by atoms with van der Waals surface area (Å²) in [6, 6.07) is 18.1. The summed E-state index contributed by atoms with van der Waals surface area (Å²) < 4.78 is 34.1. The Bertz CT molecular complexity index is 1520. The average Bonchev–Trinajstić information content (AvgIpc) is 3.22. The maximum atomic E-state index is 14.0. The molecule has 1 aliphatic rings. The van der Waals surface area contributed by atoms with Gasteiger partial charge in [0.2, 0.25) is 21.8 Å². The van der Waals surface area contributed by atoms with Crippen LogP contribution in [0.25, 0.3) is 0 Å². The van der Waals surface area contributed by atoms with Crippen LogP contribution in [-0.4, -0.2) is 49.1 Å². The normalized spacial score (nSPS) is 16.2. The van der Waals surface area contributed by atoms with E-state index in [0.29, 0.717) is 11.3 Å². The number of ether oxygens (including phenoxy) is 1. The Morgan fingerprint density at radius 2 is 1.62 bits per heavy atom. The van der Waals surface area contributed by atoms with Crippen molar-refractivity contribution in [1.82, 2.24) is 4.31 Å². The molecule has 1 fully saturated rings. The number of carbonyl (C=O) groups excluding carboxylic acids is 4. The molecule has 40 heavy (non-hydrogen) atoms. The van der Waals surface area contributed by atoms with Gasteiger partial charge in [-0.1, -0.05) is 30.3 Å². The predicted octanol–water partition coefficient (Wildman–Crippen LogP) is 3.91. The molecule has 10 nitrogen and oxygen atoms in total. The molecule has 2 unspecified atom stereocenters. The Kier molecular flexibility index (Phi) is 8.46. The van der Waals surface area contributed by atoms with Crippen LogP contribution in [-0.2, 0) is 29.1 Å². The number of sulfonamides is 1. The highest BCUT2D eigenvalue weighted by molar-refractivity contribution is 7.89. The summed E-state index contributed by atoms with van der Waals surface area (Å²) in [5, 5.41) is 2.59. The number of hydrogen-bond acceptors (Lipinski definition) is 7. The summed E-state index contributed by atoms with van der Waals surface area (Å²) in [6.45, 7) is 4.88. The van der Waals surface area contributed by atoms with Crippen molar-refractivity contribution in [2.24, 2.45) is 0 Å². The van der Waals surface area contributed by atoms with Crippen molar-refractivity contribution >= 4 is 45.1 Å². The Morgan fingerprint density at radius 3 is 2.20 bits per heavy atom. The zero-order valence-electron chi connectivity index (χ0n) is 22.2. The number of rotatable bonds is 9. The van der Waals surface area contributed by atoms with E-state index in [1.807, 2.05) is 0 Å². The summed E-state index contributed by atoms with van der Waals surface area (Å²) in [7, 11) is -4.30. The monoisotopic (exact) mass is 563 g/mol. The molecule has 3 aromatic carbocycles. The number of benzene rings is 3. The van der Waals surface area contributed by atoms with Crippen molar-refractivity contribution in [3.05, 3.63) is 90.0 Å². The van der Waals surface area contributed by atoms with Gasteiger partial charge in [0.25, 0.3) is 5.91 Å². The highest BCUT2D eigenvalue weighted by atomic mass is 32.2. The van der Waals surface area contributed by atoms with Crippen molar-refractivity contribution in [1.29, 1.82) is 0 Å². The molecule has 11 heteroatoms. The SMILES string of the molecule is CCOC(=O)c1ccc(N2C(=O)CC(N(C(C)c3ccccc3)S(=O)(=O)c3ccc(NC(C)=O)cc3)C2=O)cc1. The number of nitrogens with zero attached hydrogens (tertiary/aromatic N) is 2. The van der Waals surface area contributed by atoms with Gasteiger partial charge in [-0.3, -0.25) is 14.4 Å². The van der Waals surface area contributed by atoms with Gasteiger partial charge < -0.3 is 10.1 Å². The topological polar surface area (TPSA) is 130 Å². The summed E-state index contributed by atoms with van der Waals surface area (Å²) >= 11 is 0. The molecule has 1 saturated heterocycles. The van der Waals surface area contributed by atoms with Crippen LogP contribution in [0.1, 0.15) is 49.2 Å². The molecular weight excluding hydrogens is 534 g/mol. The standard InChI is InChI=1S/C29H29N3O7S/c1-4-39-29(36)22-10-14-24(15-11-22)31-27(34)18-26(28(31)35)32(19(2)21-8-6-5-7-9-21)40(37,38)25-16-12-23(13-17-25)30-20(3)33/h5-17,19,26H,4,18H2,1-3H3,(H,30,33). The maximum Gasteiger partial charge on any atom is 0.338 e. The molecule has 2 atom stereocenters. The van der Waals surface area contributed by atoms with Gasteiger partial charge in [-0.2, -0.15) is 4.31 Å². The largest absolute Gasteiger partial charge is 0.462 e. The van der Waals surface area contributed by atoms with Crippen LogP contribution >= 0.6 is 0 Å². The molecule has 1 heterocycles. The minimum atomic E-state index is -4.30. The molecule has 0 aromatic heterocycles. The van der Waals surface area contributed by atoms with Crippen LogP contribution in [0, 0.1) is 0 Å². The predicted molar refractivity (Wildman–Crippen MR) is 148 cm³/mol. The van der Waals surface area contributed by atoms with Crippen molar-refractivity contribution in [3.8, 4) is 0 Å². The maximum absolute atomic E-state index is 14.0. The van der Waals surface area contributed by atoms with Gasteiger partial charge in [0, 0.05) is 18.7 Å². The zero-order chi connectivity index (χ0) is 29.0. The third-order valence-corrected chi connectivity index (χ3v) is 8.47. The van der Waals surface area contributed by atoms with Crippen LogP contribution in [0.2, 0.25) is 0 Å². The Labute approximate surface area is 232 Å². The van der Waals surface area contributed by atoms with Crippen molar-refractivity contribution < 1.29 is 32.3 Å². The minimum absolute atomic E-state index is 0.0955. The number of esters is 1. The molecule has 4 rings (SSSR count). The first-order chi connectivity index (χ1) is 19.0. The van der Waals surface area contributed by atoms with Gasteiger partial charge in [-0.05, 0) is 67.9 Å². The smallest absolute Gasteiger partial charge is 0.338 e. The quantitative estimate of drug-likeness (QED) is 0.309. The van der Waals surface area contributed by atoms with E-state index >= 15 is 0 Å². The van der Waals surface area contributed by atoms with Crippen molar-refractivity contribution in [3.63, 3.8) is 0 Å². The number of amides is 3. The summed E-state index contributed by atoms with van der Waals surface area (Å²) in [6.07, 6.45) is -0.362. The van der Waals surface area contributed by atoms with Crippen LogP contribution < -0.4 is 10.2 Å². The first-order valence-corrected chi connectivity index (χ1v) is 14.1. The van der Waals surface area contributed by atoms with Crippen LogP contribution in [0.3, 0.4) is 0 Å². The van der Waals surface area contributed by atoms with E-state index < -0.39 is 39.9 Å². The summed E-state index contributed by atoms with van der Waals surface area (Å²) in [5.74, 6) is -2.11. The fourth-order valence-electron chi connectivity index (χ4n) is 4.61. The molecule has 3 aromatic rings. The summed E-state index contributed by atoms with van der Waals surface area (Å²) in [4.78, 5) is 51.1. The van der Waals surface area contributed by atoms with Gasteiger partial charge >= 0.3 is 5.97 Å². The van der Waals surface area contributed by atoms with E-state index in [4.69, 9.17) is 4.74 Å². The number of imide groups is 1. The highest BCUT2D eigenvalue weighted by Crippen LogP contribution is 2.36. The Morgan fingerprint density at radius 1 is 1.00 bits per heavy atom. The number of hydrogen-bond donors (Lipinski definition) is 1. The van der Waals surface area contributed by atoms with Gasteiger partial charge in [0.05, 0.1) is 29.2 Å². The highest BCUT2D eigenvalue weighted by Gasteiger charge is 2.49. The molecule has 0 radical (unpaired) electrons. The lowest BCUT2D eigenvalue weighted by Gasteiger charge is -2.32. The van der Waals surface area contributed by atoms with E-state index in [9.17, 15) is 27.6 Å². The van der Waals surface area contributed by atoms with Gasteiger partial charge in [-0.25, -0.2) is 18.1 Å². The minimum Gasteiger partial charge on any atom is -0.462 e. The van der Waals surface area contributed by atoms with Gasteiger partial charge in [0.15, 0.2) is 0 Å². The molecule has 0 spiro atoms. The molecule has 1 N–H and O–H groups in total. The lowest BCUT2D eigenvalue weighted by atomic mass is 10.1. The lowest BCUT2D eigenvalue weighted by molar-refractivity contribution is -0.122. The fourth-order valence-corrected chi connectivity index (χ4v) is 6.37. The molecule has 0 bridgehead atoms. The van der Waals surface area contributed by atoms with E-state index in [1.54, 1.807) is 44.2 Å². The third-order valence-electron chi connectivity index (χ3n) is 6.48. The second-order valence-corrected chi connectivity index (χ2v) is 11.0.